The number of methoxy groups -OCH3 is 1. The van der Waals surface area contributed by atoms with Crippen LogP contribution in [0, 0.1) is 11.7 Å². The van der Waals surface area contributed by atoms with Gasteiger partial charge in [0.1, 0.15) is 0 Å². The first-order valence-electron chi connectivity index (χ1n) is 6.69. The molecule has 0 spiro atoms. The Labute approximate surface area is 109 Å². The molecule has 0 heterocycles. The summed E-state index contributed by atoms with van der Waals surface area (Å²) < 4.78 is 19.2. The van der Waals surface area contributed by atoms with Crippen LogP contribution in [-0.2, 0) is 0 Å². The van der Waals surface area contributed by atoms with Crippen molar-refractivity contribution < 1.29 is 9.13 Å². The van der Waals surface area contributed by atoms with Gasteiger partial charge in [-0.1, -0.05) is 26.0 Å². The fourth-order valence-electron chi connectivity index (χ4n) is 2.16. The number of halogens is 1. The third-order valence-corrected chi connectivity index (χ3v) is 3.86. The van der Waals surface area contributed by atoms with Crippen LogP contribution in [0.3, 0.4) is 0 Å². The molecule has 1 fully saturated rings. The first-order valence-corrected chi connectivity index (χ1v) is 6.69. The van der Waals surface area contributed by atoms with Gasteiger partial charge in [-0.15, -0.1) is 0 Å². The highest BCUT2D eigenvalue weighted by Crippen LogP contribution is 2.31. The topological polar surface area (TPSA) is 21.3 Å². The third kappa shape index (κ3) is 3.02. The molecule has 18 heavy (non-hydrogen) atoms. The maximum absolute atomic E-state index is 14.1. The van der Waals surface area contributed by atoms with E-state index in [0.717, 1.165) is 12.1 Å². The second-order valence-corrected chi connectivity index (χ2v) is 5.31. The van der Waals surface area contributed by atoms with Crippen LogP contribution in [0.2, 0.25) is 0 Å². The standard InChI is InChI=1S/C15H22FNO/c1-10(9-17-12-7-8-12)11(2)13-5-4-6-14(18-3)15(13)16/h4-6,10-12,17H,7-9H2,1-3H3. The smallest absolute Gasteiger partial charge is 0.168 e. The van der Waals surface area contributed by atoms with Crippen molar-refractivity contribution in [3.63, 3.8) is 0 Å². The summed E-state index contributed by atoms with van der Waals surface area (Å²) in [6.45, 7) is 5.19. The van der Waals surface area contributed by atoms with Crippen LogP contribution >= 0.6 is 0 Å². The zero-order valence-corrected chi connectivity index (χ0v) is 11.4. The zero-order chi connectivity index (χ0) is 13.1. The van der Waals surface area contributed by atoms with E-state index in [1.807, 2.05) is 12.1 Å². The Hall–Kier alpha value is -1.09. The molecule has 3 heteroatoms. The number of hydrogen-bond acceptors (Lipinski definition) is 2. The van der Waals surface area contributed by atoms with E-state index in [4.69, 9.17) is 4.74 Å². The molecule has 1 N–H and O–H groups in total. The lowest BCUT2D eigenvalue weighted by Crippen LogP contribution is -2.26. The van der Waals surface area contributed by atoms with Gasteiger partial charge in [0, 0.05) is 6.04 Å². The van der Waals surface area contributed by atoms with Gasteiger partial charge < -0.3 is 10.1 Å². The monoisotopic (exact) mass is 251 g/mol. The number of hydrogen-bond donors (Lipinski definition) is 1. The maximum Gasteiger partial charge on any atom is 0.168 e. The van der Waals surface area contributed by atoms with Crippen LogP contribution in [0.25, 0.3) is 0 Å². The van der Waals surface area contributed by atoms with Crippen LogP contribution in [0.4, 0.5) is 4.39 Å². The van der Waals surface area contributed by atoms with Gasteiger partial charge in [-0.3, -0.25) is 0 Å². The summed E-state index contributed by atoms with van der Waals surface area (Å²) in [4.78, 5) is 0. The van der Waals surface area contributed by atoms with Crippen molar-refractivity contribution in [2.45, 2.75) is 38.6 Å². The Bertz CT molecular complexity index is 403. The maximum atomic E-state index is 14.1. The van der Waals surface area contributed by atoms with E-state index in [0.29, 0.717) is 17.7 Å². The summed E-state index contributed by atoms with van der Waals surface area (Å²) in [5.41, 5.74) is 0.749. The predicted molar refractivity (Wildman–Crippen MR) is 71.6 cm³/mol. The average molecular weight is 251 g/mol. The van der Waals surface area contributed by atoms with Crippen molar-refractivity contribution in [1.82, 2.24) is 5.32 Å². The van der Waals surface area contributed by atoms with Gasteiger partial charge in [0.05, 0.1) is 7.11 Å². The second-order valence-electron chi connectivity index (χ2n) is 5.31. The number of benzene rings is 1. The number of nitrogens with one attached hydrogen (secondary N) is 1. The zero-order valence-electron chi connectivity index (χ0n) is 11.4. The lowest BCUT2D eigenvalue weighted by Gasteiger charge is -2.22. The molecule has 0 saturated heterocycles. The molecule has 1 aliphatic carbocycles. The molecule has 2 unspecified atom stereocenters. The second kappa shape index (κ2) is 5.70. The SMILES string of the molecule is COc1cccc(C(C)C(C)CNC2CC2)c1F. The minimum atomic E-state index is -0.217. The first-order chi connectivity index (χ1) is 8.63. The molecule has 2 nitrogen and oxygen atoms in total. The van der Waals surface area contributed by atoms with Gasteiger partial charge in [0.25, 0.3) is 0 Å². The lowest BCUT2D eigenvalue weighted by molar-refractivity contribution is 0.375. The summed E-state index contributed by atoms with van der Waals surface area (Å²) in [5, 5.41) is 3.50. The molecule has 1 aromatic carbocycles. The molecular formula is C15H22FNO. The molecule has 0 radical (unpaired) electrons. The normalized spacial score (nSPS) is 18.4. The Balaban J connectivity index is 2.04. The van der Waals surface area contributed by atoms with Crippen molar-refractivity contribution in [3.8, 4) is 5.75 Å². The molecule has 1 aliphatic rings. The minimum Gasteiger partial charge on any atom is -0.494 e. The number of rotatable bonds is 6. The van der Waals surface area contributed by atoms with Crippen molar-refractivity contribution in [2.24, 2.45) is 5.92 Å². The van der Waals surface area contributed by atoms with E-state index in [9.17, 15) is 4.39 Å². The van der Waals surface area contributed by atoms with Crippen LogP contribution < -0.4 is 10.1 Å². The van der Waals surface area contributed by atoms with Crippen molar-refractivity contribution in [2.75, 3.05) is 13.7 Å². The molecule has 2 rings (SSSR count). The minimum absolute atomic E-state index is 0.186. The quantitative estimate of drug-likeness (QED) is 0.837. The van der Waals surface area contributed by atoms with E-state index < -0.39 is 0 Å². The Morgan fingerprint density at radius 3 is 2.72 bits per heavy atom. The summed E-state index contributed by atoms with van der Waals surface area (Å²) in [7, 11) is 1.50. The molecular weight excluding hydrogens is 229 g/mol. The van der Waals surface area contributed by atoms with Crippen LogP contribution in [-0.4, -0.2) is 19.7 Å². The molecule has 1 aromatic rings. The van der Waals surface area contributed by atoms with E-state index >= 15 is 0 Å². The van der Waals surface area contributed by atoms with Crippen LogP contribution in [0.1, 0.15) is 38.2 Å². The summed E-state index contributed by atoms with van der Waals surface area (Å²) in [6.07, 6.45) is 2.57. The van der Waals surface area contributed by atoms with Crippen LogP contribution in [0.5, 0.6) is 5.75 Å². The fraction of sp³-hybridized carbons (Fsp3) is 0.600. The van der Waals surface area contributed by atoms with E-state index in [1.54, 1.807) is 6.07 Å². The Morgan fingerprint density at radius 1 is 1.39 bits per heavy atom. The van der Waals surface area contributed by atoms with Gasteiger partial charge in [0.15, 0.2) is 11.6 Å². The first kappa shape index (κ1) is 13.3. The van der Waals surface area contributed by atoms with Gasteiger partial charge >= 0.3 is 0 Å². The summed E-state index contributed by atoms with van der Waals surface area (Å²) in [6, 6.07) is 6.08. The Morgan fingerprint density at radius 2 is 2.11 bits per heavy atom. The van der Waals surface area contributed by atoms with Crippen molar-refractivity contribution in [3.05, 3.63) is 29.6 Å². The largest absolute Gasteiger partial charge is 0.494 e. The van der Waals surface area contributed by atoms with Gasteiger partial charge in [0.2, 0.25) is 0 Å². The van der Waals surface area contributed by atoms with Crippen molar-refractivity contribution in [1.29, 1.82) is 0 Å². The predicted octanol–water partition coefficient (Wildman–Crippen LogP) is 3.33. The summed E-state index contributed by atoms with van der Waals surface area (Å²) in [5.74, 6) is 0.714. The van der Waals surface area contributed by atoms with Crippen molar-refractivity contribution >= 4 is 0 Å². The van der Waals surface area contributed by atoms with E-state index in [2.05, 4.69) is 19.2 Å². The van der Waals surface area contributed by atoms with Gasteiger partial charge in [-0.2, -0.15) is 0 Å². The molecule has 2 atom stereocenters. The molecule has 0 aliphatic heterocycles. The molecule has 100 valence electrons. The third-order valence-electron chi connectivity index (χ3n) is 3.86. The number of ether oxygens (including phenoxy) is 1. The molecule has 0 amide bonds. The highest BCUT2D eigenvalue weighted by Gasteiger charge is 2.24. The highest BCUT2D eigenvalue weighted by atomic mass is 19.1. The van der Waals surface area contributed by atoms with E-state index in [-0.39, 0.29) is 11.7 Å². The molecule has 1 saturated carbocycles. The highest BCUT2D eigenvalue weighted by molar-refractivity contribution is 5.33. The fourth-order valence-corrected chi connectivity index (χ4v) is 2.16. The van der Waals surface area contributed by atoms with Crippen LogP contribution in [0.15, 0.2) is 18.2 Å². The average Bonchev–Trinajstić information content (AvgIpc) is 3.19. The molecule has 0 bridgehead atoms. The van der Waals surface area contributed by atoms with Gasteiger partial charge in [-0.05, 0) is 42.9 Å². The lowest BCUT2D eigenvalue weighted by atomic mass is 9.88. The summed E-state index contributed by atoms with van der Waals surface area (Å²) >= 11 is 0. The Kier molecular flexibility index (Phi) is 4.23. The molecule has 0 aromatic heterocycles. The van der Waals surface area contributed by atoms with Gasteiger partial charge in [-0.25, -0.2) is 4.39 Å². The van der Waals surface area contributed by atoms with E-state index in [1.165, 1.54) is 20.0 Å².